The summed E-state index contributed by atoms with van der Waals surface area (Å²) in [7, 11) is 0. The Morgan fingerprint density at radius 1 is 1.17 bits per heavy atom. The fraction of sp³-hybridized carbons (Fsp3) is 0. The van der Waals surface area contributed by atoms with Crippen LogP contribution in [0.15, 0.2) is 45.9 Å². The minimum Gasteiger partial charge on any atom is -0.506 e. The predicted molar refractivity (Wildman–Crippen MR) is 94.9 cm³/mol. The van der Waals surface area contributed by atoms with Crippen molar-refractivity contribution in [3.05, 3.63) is 53.6 Å². The molecule has 5 heteroatoms. The standard InChI is InChI=1S/C13H8BrI2NO/c14-10-3-1-2-4-12(10)17-7-8-5-9(15)6-11(16)13(8)18/h1-7,18H. The Hall–Kier alpha value is -0.150. The highest BCUT2D eigenvalue weighted by Crippen LogP contribution is 2.28. The number of hydrogen-bond donors (Lipinski definition) is 1. The van der Waals surface area contributed by atoms with Crippen LogP contribution in [0.25, 0.3) is 0 Å². The molecule has 2 aromatic rings. The number of para-hydroxylation sites is 1. The topological polar surface area (TPSA) is 32.6 Å². The van der Waals surface area contributed by atoms with Gasteiger partial charge in [-0.1, -0.05) is 12.1 Å². The molecule has 0 radical (unpaired) electrons. The molecular weight excluding hydrogens is 520 g/mol. The zero-order chi connectivity index (χ0) is 13.1. The predicted octanol–water partition coefficient (Wildman–Crippen LogP) is 5.11. The van der Waals surface area contributed by atoms with Gasteiger partial charge in [0.1, 0.15) is 5.75 Å². The summed E-state index contributed by atoms with van der Waals surface area (Å²) in [5.74, 6) is 0.270. The molecule has 0 spiro atoms. The van der Waals surface area contributed by atoms with E-state index in [-0.39, 0.29) is 5.75 Å². The van der Waals surface area contributed by atoms with Gasteiger partial charge in [0.15, 0.2) is 0 Å². The number of halogens is 3. The molecule has 0 saturated heterocycles. The average molecular weight is 528 g/mol. The Balaban J connectivity index is 2.38. The maximum absolute atomic E-state index is 9.96. The molecule has 92 valence electrons. The minimum absolute atomic E-state index is 0.270. The van der Waals surface area contributed by atoms with E-state index in [1.165, 1.54) is 0 Å². The smallest absolute Gasteiger partial charge is 0.137 e. The van der Waals surface area contributed by atoms with Crippen LogP contribution in [0.4, 0.5) is 5.69 Å². The monoisotopic (exact) mass is 527 g/mol. The molecule has 1 N–H and O–H groups in total. The van der Waals surface area contributed by atoms with E-state index in [9.17, 15) is 5.11 Å². The normalized spacial score (nSPS) is 11.1. The first-order valence-electron chi connectivity index (χ1n) is 5.04. The van der Waals surface area contributed by atoms with E-state index >= 15 is 0 Å². The van der Waals surface area contributed by atoms with Gasteiger partial charge in [-0.15, -0.1) is 0 Å². The van der Waals surface area contributed by atoms with Crippen LogP contribution >= 0.6 is 61.1 Å². The van der Waals surface area contributed by atoms with Gasteiger partial charge in [0.2, 0.25) is 0 Å². The first-order valence-corrected chi connectivity index (χ1v) is 7.99. The van der Waals surface area contributed by atoms with Crippen LogP contribution in [-0.4, -0.2) is 11.3 Å². The molecule has 0 amide bonds. The molecule has 0 aliphatic rings. The van der Waals surface area contributed by atoms with Gasteiger partial charge in [-0.2, -0.15) is 0 Å². The Bertz CT molecular complexity index is 614. The van der Waals surface area contributed by atoms with Gasteiger partial charge < -0.3 is 5.11 Å². The number of hydrogen-bond acceptors (Lipinski definition) is 2. The molecule has 2 rings (SSSR count). The molecular formula is C13H8BrI2NO. The summed E-state index contributed by atoms with van der Waals surface area (Å²) >= 11 is 7.77. The van der Waals surface area contributed by atoms with Crippen molar-refractivity contribution in [2.45, 2.75) is 0 Å². The summed E-state index contributed by atoms with van der Waals surface area (Å²) in [4.78, 5) is 4.38. The van der Waals surface area contributed by atoms with Crippen LogP contribution in [0.5, 0.6) is 5.75 Å². The van der Waals surface area contributed by atoms with Crippen molar-refractivity contribution >= 4 is 73.0 Å². The van der Waals surface area contributed by atoms with E-state index < -0.39 is 0 Å². The van der Waals surface area contributed by atoms with Crippen molar-refractivity contribution in [3.8, 4) is 5.75 Å². The Morgan fingerprint density at radius 3 is 2.61 bits per heavy atom. The molecule has 0 aliphatic heterocycles. The number of phenols is 1. The molecule has 2 aromatic carbocycles. The van der Waals surface area contributed by atoms with Crippen LogP contribution in [-0.2, 0) is 0 Å². The molecule has 18 heavy (non-hydrogen) atoms. The lowest BCUT2D eigenvalue weighted by atomic mass is 10.2. The highest BCUT2D eigenvalue weighted by Gasteiger charge is 2.05. The molecule has 0 aromatic heterocycles. The lowest BCUT2D eigenvalue weighted by Crippen LogP contribution is -1.87. The van der Waals surface area contributed by atoms with Crippen LogP contribution in [0.2, 0.25) is 0 Å². The molecule has 0 heterocycles. The molecule has 0 saturated carbocycles. The third kappa shape index (κ3) is 3.45. The van der Waals surface area contributed by atoms with Crippen LogP contribution in [0.1, 0.15) is 5.56 Å². The second-order valence-corrected chi connectivity index (χ2v) is 6.80. The van der Waals surface area contributed by atoms with Crippen molar-refractivity contribution in [2.75, 3.05) is 0 Å². The first kappa shape index (κ1) is 14.3. The van der Waals surface area contributed by atoms with E-state index in [4.69, 9.17) is 0 Å². The number of benzene rings is 2. The largest absolute Gasteiger partial charge is 0.506 e. The van der Waals surface area contributed by atoms with Gasteiger partial charge in [-0.25, -0.2) is 0 Å². The van der Waals surface area contributed by atoms with E-state index in [1.54, 1.807) is 6.21 Å². The Morgan fingerprint density at radius 2 is 1.89 bits per heavy atom. The molecule has 0 fully saturated rings. The van der Waals surface area contributed by atoms with Crippen molar-refractivity contribution in [2.24, 2.45) is 4.99 Å². The van der Waals surface area contributed by atoms with E-state index in [0.29, 0.717) is 0 Å². The van der Waals surface area contributed by atoms with Gasteiger partial charge in [0, 0.05) is 19.8 Å². The summed E-state index contributed by atoms with van der Waals surface area (Å²) in [5, 5.41) is 9.96. The Kier molecular flexibility index (Phi) is 5.02. The number of nitrogens with zero attached hydrogens (tertiary/aromatic N) is 1. The average Bonchev–Trinajstić information content (AvgIpc) is 2.33. The van der Waals surface area contributed by atoms with Crippen molar-refractivity contribution in [1.82, 2.24) is 0 Å². The maximum Gasteiger partial charge on any atom is 0.137 e. The summed E-state index contributed by atoms with van der Waals surface area (Å²) in [5.41, 5.74) is 1.56. The number of aliphatic imine (C=N–C) groups is 1. The summed E-state index contributed by atoms with van der Waals surface area (Å²) in [6.07, 6.45) is 1.68. The van der Waals surface area contributed by atoms with Gasteiger partial charge in [-0.05, 0) is 85.4 Å². The van der Waals surface area contributed by atoms with Gasteiger partial charge in [0.25, 0.3) is 0 Å². The zero-order valence-electron chi connectivity index (χ0n) is 9.07. The van der Waals surface area contributed by atoms with Gasteiger partial charge >= 0.3 is 0 Å². The third-order valence-corrected chi connectivity index (χ3v) is 4.37. The van der Waals surface area contributed by atoms with Crippen molar-refractivity contribution < 1.29 is 5.11 Å². The minimum atomic E-state index is 0.270. The quantitative estimate of drug-likeness (QED) is 0.427. The van der Waals surface area contributed by atoms with Crippen LogP contribution in [0.3, 0.4) is 0 Å². The van der Waals surface area contributed by atoms with E-state index in [0.717, 1.165) is 22.9 Å². The molecule has 2 nitrogen and oxygen atoms in total. The molecule has 0 bridgehead atoms. The van der Waals surface area contributed by atoms with E-state index in [2.05, 4.69) is 66.1 Å². The maximum atomic E-state index is 9.96. The molecule has 0 aliphatic carbocycles. The number of phenolic OH excluding ortho intramolecular Hbond substituents is 1. The van der Waals surface area contributed by atoms with Gasteiger partial charge in [-0.3, -0.25) is 4.99 Å². The van der Waals surface area contributed by atoms with Gasteiger partial charge in [0.05, 0.1) is 9.26 Å². The summed E-state index contributed by atoms with van der Waals surface area (Å²) < 4.78 is 2.83. The van der Waals surface area contributed by atoms with Crippen molar-refractivity contribution in [1.29, 1.82) is 0 Å². The number of rotatable bonds is 2. The second-order valence-electron chi connectivity index (χ2n) is 3.54. The number of aromatic hydroxyl groups is 1. The Labute approximate surface area is 141 Å². The highest BCUT2D eigenvalue weighted by molar-refractivity contribution is 14.1. The first-order chi connectivity index (χ1) is 8.58. The fourth-order valence-electron chi connectivity index (χ4n) is 1.38. The highest BCUT2D eigenvalue weighted by atomic mass is 127. The van der Waals surface area contributed by atoms with Crippen molar-refractivity contribution in [3.63, 3.8) is 0 Å². The second kappa shape index (κ2) is 6.33. The summed E-state index contributed by atoms with van der Waals surface area (Å²) in [6.45, 7) is 0. The SMILES string of the molecule is Oc1c(I)cc(I)cc1C=Nc1ccccc1Br. The lowest BCUT2D eigenvalue weighted by molar-refractivity contribution is 0.470. The zero-order valence-corrected chi connectivity index (χ0v) is 15.0. The fourth-order valence-corrected chi connectivity index (χ4v) is 3.66. The summed E-state index contributed by atoms with van der Waals surface area (Å²) in [6, 6.07) is 11.5. The third-order valence-electron chi connectivity index (χ3n) is 2.25. The van der Waals surface area contributed by atoms with Crippen LogP contribution < -0.4 is 0 Å². The molecule has 0 unspecified atom stereocenters. The van der Waals surface area contributed by atoms with Crippen LogP contribution in [0, 0.1) is 7.14 Å². The molecule has 0 atom stereocenters. The van der Waals surface area contributed by atoms with E-state index in [1.807, 2.05) is 36.4 Å². The lowest BCUT2D eigenvalue weighted by Gasteiger charge is -2.03.